The van der Waals surface area contributed by atoms with Crippen LogP contribution in [0, 0.1) is 16.7 Å². The minimum absolute atomic E-state index is 0.0276. The lowest BCUT2D eigenvalue weighted by atomic mass is 9.87. The summed E-state index contributed by atoms with van der Waals surface area (Å²) < 4.78 is 0. The van der Waals surface area contributed by atoms with E-state index in [1.807, 2.05) is 26.0 Å². The zero-order chi connectivity index (χ0) is 18.8. The van der Waals surface area contributed by atoms with Crippen molar-refractivity contribution in [1.82, 2.24) is 0 Å². The van der Waals surface area contributed by atoms with Gasteiger partial charge in [-0.2, -0.15) is 5.26 Å². The third kappa shape index (κ3) is 3.90. The van der Waals surface area contributed by atoms with Crippen molar-refractivity contribution in [3.8, 4) is 6.07 Å². The summed E-state index contributed by atoms with van der Waals surface area (Å²) in [7, 11) is 0. The van der Waals surface area contributed by atoms with Gasteiger partial charge in [-0.1, -0.05) is 39.8 Å². The lowest BCUT2D eigenvalue weighted by Crippen LogP contribution is -2.41. The van der Waals surface area contributed by atoms with Gasteiger partial charge in [-0.3, -0.25) is 9.59 Å². The normalized spacial score (nSPS) is 12.6. The van der Waals surface area contributed by atoms with E-state index < -0.39 is 10.9 Å². The van der Waals surface area contributed by atoms with Crippen molar-refractivity contribution in [2.45, 2.75) is 53.6 Å². The molecule has 0 spiro atoms. The Bertz CT molecular complexity index is 878. The number of nitrogens with zero attached hydrogens (tertiary/aromatic N) is 1. The van der Waals surface area contributed by atoms with Crippen LogP contribution in [-0.2, 0) is 13.0 Å². The molecule has 2 aromatic rings. The Morgan fingerprint density at radius 1 is 1.16 bits per heavy atom. The zero-order valence-corrected chi connectivity index (χ0v) is 15.5. The SMILES string of the molecule is CCc1cc(CNc2c(NC(C)C(C)(C)C)c(=O)c2=O)ccc1C#N. The molecule has 0 radical (unpaired) electrons. The molecule has 0 fully saturated rings. The van der Waals surface area contributed by atoms with Crippen LogP contribution in [0.1, 0.15) is 51.3 Å². The number of nitriles is 1. The molecular formula is C20H25N3O2. The van der Waals surface area contributed by atoms with Crippen molar-refractivity contribution in [3.05, 3.63) is 55.3 Å². The van der Waals surface area contributed by atoms with Crippen LogP contribution in [0.4, 0.5) is 11.4 Å². The van der Waals surface area contributed by atoms with Gasteiger partial charge in [0.05, 0.1) is 11.6 Å². The first kappa shape index (κ1) is 18.7. The standard InChI is InChI=1S/C20H25N3O2/c1-6-14-9-13(7-8-15(14)10-21)11-22-16-17(19(25)18(16)24)23-12(2)20(3,4)5/h7-9,12,22-23H,6,11H2,1-5H3. The summed E-state index contributed by atoms with van der Waals surface area (Å²) in [6, 6.07) is 7.84. The maximum atomic E-state index is 11.9. The fourth-order valence-corrected chi connectivity index (χ4v) is 2.48. The average molecular weight is 339 g/mol. The van der Waals surface area contributed by atoms with E-state index in [1.54, 1.807) is 6.07 Å². The second kappa shape index (κ2) is 7.10. The van der Waals surface area contributed by atoms with Crippen molar-refractivity contribution in [2.24, 2.45) is 5.41 Å². The second-order valence-electron chi connectivity index (χ2n) is 7.45. The highest BCUT2D eigenvalue weighted by Gasteiger charge is 2.26. The Morgan fingerprint density at radius 2 is 1.80 bits per heavy atom. The first-order valence-corrected chi connectivity index (χ1v) is 8.54. The molecule has 132 valence electrons. The molecule has 0 bridgehead atoms. The van der Waals surface area contributed by atoms with E-state index in [1.165, 1.54) is 0 Å². The van der Waals surface area contributed by atoms with Gasteiger partial charge in [-0.15, -0.1) is 0 Å². The molecule has 5 nitrogen and oxygen atoms in total. The largest absolute Gasteiger partial charge is 0.377 e. The summed E-state index contributed by atoms with van der Waals surface area (Å²) in [5, 5.41) is 15.3. The van der Waals surface area contributed by atoms with Gasteiger partial charge in [-0.25, -0.2) is 0 Å². The topological polar surface area (TPSA) is 82.0 Å². The summed E-state index contributed by atoms with van der Waals surface area (Å²) in [5.41, 5.74) is 2.37. The molecule has 25 heavy (non-hydrogen) atoms. The van der Waals surface area contributed by atoms with E-state index >= 15 is 0 Å². The lowest BCUT2D eigenvalue weighted by Gasteiger charge is -2.30. The molecule has 0 aromatic heterocycles. The quantitative estimate of drug-likeness (QED) is 0.790. The van der Waals surface area contributed by atoms with Gasteiger partial charge in [-0.05, 0) is 36.0 Å². The first-order chi connectivity index (χ1) is 11.7. The Labute approximate surface area is 148 Å². The predicted molar refractivity (Wildman–Crippen MR) is 102 cm³/mol. The summed E-state index contributed by atoms with van der Waals surface area (Å²) >= 11 is 0. The monoisotopic (exact) mass is 339 g/mol. The minimum atomic E-state index is -0.479. The van der Waals surface area contributed by atoms with Gasteiger partial charge in [0, 0.05) is 12.6 Å². The highest BCUT2D eigenvalue weighted by atomic mass is 16.2. The summed E-state index contributed by atoms with van der Waals surface area (Å²) in [6.07, 6.45) is 0.771. The Hall–Kier alpha value is -2.61. The molecule has 1 unspecified atom stereocenters. The van der Waals surface area contributed by atoms with Crippen LogP contribution in [0.2, 0.25) is 0 Å². The van der Waals surface area contributed by atoms with E-state index in [0.29, 0.717) is 23.5 Å². The summed E-state index contributed by atoms with van der Waals surface area (Å²) in [5.74, 6) is 0. The molecule has 0 saturated carbocycles. The van der Waals surface area contributed by atoms with Gasteiger partial charge in [0.2, 0.25) is 0 Å². The first-order valence-electron chi connectivity index (χ1n) is 8.54. The number of benzene rings is 1. The van der Waals surface area contributed by atoms with Crippen molar-refractivity contribution in [1.29, 1.82) is 5.26 Å². The van der Waals surface area contributed by atoms with E-state index in [4.69, 9.17) is 5.26 Å². The zero-order valence-electron chi connectivity index (χ0n) is 15.5. The van der Waals surface area contributed by atoms with E-state index in [2.05, 4.69) is 37.5 Å². The van der Waals surface area contributed by atoms with Crippen LogP contribution in [0.25, 0.3) is 0 Å². The average Bonchev–Trinajstić information content (AvgIpc) is 2.59. The second-order valence-corrected chi connectivity index (χ2v) is 7.45. The van der Waals surface area contributed by atoms with Gasteiger partial charge in [0.25, 0.3) is 10.9 Å². The van der Waals surface area contributed by atoms with Gasteiger partial charge >= 0.3 is 0 Å². The van der Waals surface area contributed by atoms with Crippen LogP contribution < -0.4 is 21.5 Å². The van der Waals surface area contributed by atoms with Crippen molar-refractivity contribution in [2.75, 3.05) is 10.6 Å². The fraction of sp³-hybridized carbons (Fsp3) is 0.450. The molecular weight excluding hydrogens is 314 g/mol. The molecule has 0 heterocycles. The molecule has 0 amide bonds. The Morgan fingerprint density at radius 3 is 2.36 bits per heavy atom. The molecule has 0 saturated heterocycles. The summed E-state index contributed by atoms with van der Waals surface area (Å²) in [4.78, 5) is 23.8. The van der Waals surface area contributed by atoms with E-state index in [-0.39, 0.29) is 11.5 Å². The van der Waals surface area contributed by atoms with Gasteiger partial charge in [0.15, 0.2) is 0 Å². The number of hydrogen-bond donors (Lipinski definition) is 2. The number of hydrogen-bond acceptors (Lipinski definition) is 5. The molecule has 0 aliphatic carbocycles. The maximum Gasteiger partial charge on any atom is 0.253 e. The van der Waals surface area contributed by atoms with Crippen molar-refractivity contribution < 1.29 is 0 Å². The number of nitrogens with one attached hydrogen (secondary N) is 2. The molecule has 0 aliphatic heterocycles. The number of anilines is 2. The van der Waals surface area contributed by atoms with Crippen molar-refractivity contribution >= 4 is 11.4 Å². The lowest BCUT2D eigenvalue weighted by molar-refractivity contribution is 0.359. The van der Waals surface area contributed by atoms with Crippen LogP contribution >= 0.6 is 0 Å². The summed E-state index contributed by atoms with van der Waals surface area (Å²) in [6.45, 7) is 10.7. The van der Waals surface area contributed by atoms with E-state index in [0.717, 1.165) is 17.5 Å². The highest BCUT2D eigenvalue weighted by Crippen LogP contribution is 2.25. The third-order valence-electron chi connectivity index (χ3n) is 4.71. The third-order valence-corrected chi connectivity index (χ3v) is 4.71. The van der Waals surface area contributed by atoms with Crippen LogP contribution in [0.3, 0.4) is 0 Å². The molecule has 2 N–H and O–H groups in total. The minimum Gasteiger partial charge on any atom is -0.377 e. The predicted octanol–water partition coefficient (Wildman–Crippen LogP) is 3.18. The fourth-order valence-electron chi connectivity index (χ4n) is 2.48. The maximum absolute atomic E-state index is 11.9. The number of rotatable bonds is 6. The van der Waals surface area contributed by atoms with Crippen LogP contribution in [0.5, 0.6) is 0 Å². The smallest absolute Gasteiger partial charge is 0.253 e. The number of aryl methyl sites for hydroxylation is 1. The van der Waals surface area contributed by atoms with Gasteiger partial charge < -0.3 is 10.6 Å². The van der Waals surface area contributed by atoms with Crippen LogP contribution in [-0.4, -0.2) is 6.04 Å². The molecule has 0 aliphatic rings. The Kier molecular flexibility index (Phi) is 5.32. The van der Waals surface area contributed by atoms with Crippen LogP contribution in [0.15, 0.2) is 27.8 Å². The molecule has 1 atom stereocenters. The van der Waals surface area contributed by atoms with Gasteiger partial charge in [0.1, 0.15) is 11.4 Å². The molecule has 2 aromatic carbocycles. The molecule has 5 heteroatoms. The van der Waals surface area contributed by atoms with Crippen molar-refractivity contribution in [3.63, 3.8) is 0 Å². The Balaban J connectivity index is 2.15. The van der Waals surface area contributed by atoms with E-state index in [9.17, 15) is 9.59 Å². The highest BCUT2D eigenvalue weighted by molar-refractivity contribution is 5.74. The molecule has 2 rings (SSSR count).